The normalized spacial score (nSPS) is 9.31. The number of nitrogens with zero attached hydrogens (tertiary/aromatic N) is 1. The maximum Gasteiger partial charge on any atom is 0.329 e. The maximum absolute atomic E-state index is 10.1. The van der Waals surface area contributed by atoms with Crippen molar-refractivity contribution in [3.8, 4) is 0 Å². The van der Waals surface area contributed by atoms with Gasteiger partial charge in [0.15, 0.2) is 0 Å². The summed E-state index contributed by atoms with van der Waals surface area (Å²) < 4.78 is 4.84. The van der Waals surface area contributed by atoms with Gasteiger partial charge in [0, 0.05) is 5.69 Å². The summed E-state index contributed by atoms with van der Waals surface area (Å²) in [6.45, 7) is 1.81. The number of aromatic nitrogens is 2. The Morgan fingerprint density at radius 2 is 2.46 bits per heavy atom. The molecule has 5 nitrogen and oxygen atoms in total. The maximum atomic E-state index is 10.1. The fourth-order valence-corrected chi connectivity index (χ4v) is 0.768. The van der Waals surface area contributed by atoms with Crippen LogP contribution < -0.4 is 0 Å². The monoisotopic (exact) mass is 206 g/mol. The van der Waals surface area contributed by atoms with Gasteiger partial charge in [-0.15, -0.1) is 12.4 Å². The van der Waals surface area contributed by atoms with E-state index in [0.717, 1.165) is 11.4 Å². The smallest absolute Gasteiger partial charge is 0.329 e. The number of imidazole rings is 1. The number of aryl methyl sites for hydroxylation is 1. The van der Waals surface area contributed by atoms with Crippen LogP contribution in [0.1, 0.15) is 11.4 Å². The van der Waals surface area contributed by atoms with Crippen molar-refractivity contribution in [3.63, 3.8) is 0 Å². The van der Waals surface area contributed by atoms with E-state index in [1.54, 1.807) is 6.33 Å². The topological polar surface area (TPSA) is 75.2 Å². The quantitative estimate of drug-likeness (QED) is 0.762. The van der Waals surface area contributed by atoms with Crippen LogP contribution in [0, 0.1) is 6.92 Å². The Labute approximate surface area is 81.5 Å². The van der Waals surface area contributed by atoms with E-state index in [2.05, 4.69) is 9.97 Å². The summed E-state index contributed by atoms with van der Waals surface area (Å²) in [6, 6.07) is 0. The first kappa shape index (κ1) is 11.9. The molecule has 0 aliphatic rings. The molecule has 0 saturated heterocycles. The van der Waals surface area contributed by atoms with E-state index in [1.807, 2.05) is 6.92 Å². The molecule has 0 aliphatic heterocycles. The minimum atomic E-state index is -0.969. The van der Waals surface area contributed by atoms with E-state index in [9.17, 15) is 4.79 Å². The lowest BCUT2D eigenvalue weighted by atomic mass is 10.4. The molecule has 0 unspecified atom stereocenters. The molecule has 1 aromatic rings. The van der Waals surface area contributed by atoms with Crippen molar-refractivity contribution in [3.05, 3.63) is 17.7 Å². The molecule has 0 aliphatic carbocycles. The van der Waals surface area contributed by atoms with E-state index < -0.39 is 5.97 Å². The Morgan fingerprint density at radius 3 is 2.92 bits per heavy atom. The average molecular weight is 207 g/mol. The first-order valence-corrected chi connectivity index (χ1v) is 3.48. The molecule has 2 N–H and O–H groups in total. The lowest BCUT2D eigenvalue weighted by molar-refractivity contribution is -0.142. The van der Waals surface area contributed by atoms with Gasteiger partial charge in [-0.2, -0.15) is 0 Å². The molecule has 0 bridgehead atoms. The third-order valence-corrected chi connectivity index (χ3v) is 1.40. The zero-order valence-electron chi connectivity index (χ0n) is 7.11. The molecule has 1 heterocycles. The highest BCUT2D eigenvalue weighted by Gasteiger charge is 2.02. The van der Waals surface area contributed by atoms with E-state index in [-0.39, 0.29) is 25.6 Å². The summed E-state index contributed by atoms with van der Waals surface area (Å²) in [7, 11) is 0. The number of nitrogens with one attached hydrogen (secondary N) is 1. The zero-order chi connectivity index (χ0) is 8.97. The summed E-state index contributed by atoms with van der Waals surface area (Å²) in [6.07, 6.45) is 1.55. The van der Waals surface area contributed by atoms with Crippen LogP contribution in [-0.4, -0.2) is 27.7 Å². The first-order chi connectivity index (χ1) is 5.70. The van der Waals surface area contributed by atoms with Gasteiger partial charge < -0.3 is 14.8 Å². The van der Waals surface area contributed by atoms with Gasteiger partial charge in [-0.25, -0.2) is 9.78 Å². The van der Waals surface area contributed by atoms with E-state index in [1.165, 1.54) is 0 Å². The Kier molecular flexibility index (Phi) is 5.10. The molecular formula is C7H11ClN2O3. The lowest BCUT2D eigenvalue weighted by Gasteiger charge is -1.98. The highest BCUT2D eigenvalue weighted by Crippen LogP contribution is 2.01. The number of aliphatic carboxylic acids is 1. The fourth-order valence-electron chi connectivity index (χ4n) is 0.768. The number of hydrogen-bond acceptors (Lipinski definition) is 3. The number of halogens is 1. The van der Waals surface area contributed by atoms with Crippen LogP contribution in [0.15, 0.2) is 6.33 Å². The van der Waals surface area contributed by atoms with Crippen LogP contribution in [-0.2, 0) is 16.1 Å². The Balaban J connectivity index is 0.00000144. The molecule has 0 aromatic carbocycles. The fraction of sp³-hybridized carbons (Fsp3) is 0.429. The second-order valence-corrected chi connectivity index (χ2v) is 2.36. The van der Waals surface area contributed by atoms with Crippen LogP contribution in [0.4, 0.5) is 0 Å². The predicted octanol–water partition coefficient (Wildman–Crippen LogP) is 0.741. The third-order valence-electron chi connectivity index (χ3n) is 1.40. The number of carboxylic acid groups (broad SMARTS) is 1. The third kappa shape index (κ3) is 3.91. The number of hydrogen-bond donors (Lipinski definition) is 2. The zero-order valence-corrected chi connectivity index (χ0v) is 7.93. The second kappa shape index (κ2) is 5.55. The van der Waals surface area contributed by atoms with Gasteiger partial charge in [0.1, 0.15) is 6.61 Å². The van der Waals surface area contributed by atoms with Crippen molar-refractivity contribution in [1.29, 1.82) is 0 Å². The average Bonchev–Trinajstić information content (AvgIpc) is 2.36. The van der Waals surface area contributed by atoms with Crippen LogP contribution in [0.5, 0.6) is 0 Å². The molecule has 1 rings (SSSR count). The summed E-state index contributed by atoms with van der Waals surface area (Å²) >= 11 is 0. The van der Waals surface area contributed by atoms with Crippen LogP contribution in [0.2, 0.25) is 0 Å². The lowest BCUT2D eigenvalue weighted by Crippen LogP contribution is -2.07. The Bertz CT molecular complexity index is 274. The number of carboxylic acids is 1. The molecular weight excluding hydrogens is 196 g/mol. The van der Waals surface area contributed by atoms with Crippen molar-refractivity contribution in [2.24, 2.45) is 0 Å². The van der Waals surface area contributed by atoms with Crippen molar-refractivity contribution in [2.45, 2.75) is 13.5 Å². The van der Waals surface area contributed by atoms with Gasteiger partial charge in [0.25, 0.3) is 0 Å². The van der Waals surface area contributed by atoms with Crippen LogP contribution >= 0.6 is 12.4 Å². The van der Waals surface area contributed by atoms with Crippen molar-refractivity contribution >= 4 is 18.4 Å². The highest BCUT2D eigenvalue weighted by atomic mass is 35.5. The van der Waals surface area contributed by atoms with Gasteiger partial charge in [0.2, 0.25) is 0 Å². The Morgan fingerprint density at radius 1 is 1.77 bits per heavy atom. The van der Waals surface area contributed by atoms with Gasteiger partial charge in [-0.1, -0.05) is 0 Å². The highest BCUT2D eigenvalue weighted by molar-refractivity contribution is 5.85. The summed E-state index contributed by atoms with van der Waals surface area (Å²) in [5.41, 5.74) is 1.65. The van der Waals surface area contributed by atoms with E-state index >= 15 is 0 Å². The van der Waals surface area contributed by atoms with Gasteiger partial charge >= 0.3 is 5.97 Å². The number of H-pyrrole nitrogens is 1. The second-order valence-electron chi connectivity index (χ2n) is 2.36. The van der Waals surface area contributed by atoms with Crippen molar-refractivity contribution < 1.29 is 14.6 Å². The van der Waals surface area contributed by atoms with Gasteiger partial charge in [0.05, 0.1) is 18.6 Å². The predicted molar refractivity (Wildman–Crippen MR) is 47.9 cm³/mol. The number of ether oxygens (including phenoxy) is 1. The molecule has 0 spiro atoms. The number of aromatic amines is 1. The van der Waals surface area contributed by atoms with Crippen LogP contribution in [0.3, 0.4) is 0 Å². The molecule has 0 saturated carbocycles. The van der Waals surface area contributed by atoms with Gasteiger partial charge in [-0.3, -0.25) is 0 Å². The first-order valence-electron chi connectivity index (χ1n) is 3.48. The molecule has 0 atom stereocenters. The number of rotatable bonds is 4. The SMILES string of the molecule is Cc1[nH]cnc1COCC(=O)O.Cl. The standard InChI is InChI=1S/C7H10N2O3.ClH/c1-5-6(9-4-8-5)2-12-3-7(10)11;/h4H,2-3H2,1H3,(H,8,9)(H,10,11);1H. The molecule has 13 heavy (non-hydrogen) atoms. The van der Waals surface area contributed by atoms with Crippen LogP contribution in [0.25, 0.3) is 0 Å². The Hall–Kier alpha value is -1.07. The molecule has 74 valence electrons. The summed E-state index contributed by atoms with van der Waals surface area (Å²) in [5.74, 6) is -0.969. The largest absolute Gasteiger partial charge is 0.480 e. The molecule has 0 amide bonds. The molecule has 0 radical (unpaired) electrons. The molecule has 1 aromatic heterocycles. The summed E-state index contributed by atoms with van der Waals surface area (Å²) in [4.78, 5) is 16.9. The summed E-state index contributed by atoms with van der Waals surface area (Å²) in [5, 5.41) is 8.26. The van der Waals surface area contributed by atoms with Gasteiger partial charge in [-0.05, 0) is 6.92 Å². The molecule has 6 heteroatoms. The van der Waals surface area contributed by atoms with E-state index in [4.69, 9.17) is 9.84 Å². The minimum Gasteiger partial charge on any atom is -0.480 e. The minimum absolute atomic E-state index is 0. The number of carbonyl (C=O) groups is 1. The van der Waals surface area contributed by atoms with Crippen molar-refractivity contribution in [2.75, 3.05) is 6.61 Å². The van der Waals surface area contributed by atoms with E-state index in [0.29, 0.717) is 0 Å². The van der Waals surface area contributed by atoms with Crippen molar-refractivity contribution in [1.82, 2.24) is 9.97 Å². The molecule has 0 fully saturated rings.